The lowest BCUT2D eigenvalue weighted by Crippen LogP contribution is -2.07. The Kier molecular flexibility index (Phi) is 8.88. The van der Waals surface area contributed by atoms with Crippen molar-refractivity contribution in [2.45, 2.75) is 39.0 Å². The summed E-state index contributed by atoms with van der Waals surface area (Å²) < 4.78 is 4.76. The first-order valence-electron chi connectivity index (χ1n) is 5.01. The predicted molar refractivity (Wildman–Crippen MR) is 51.8 cm³/mol. The van der Waals surface area contributed by atoms with Crippen LogP contribution in [0.4, 0.5) is 0 Å². The van der Waals surface area contributed by atoms with Crippen molar-refractivity contribution in [2.24, 2.45) is 5.73 Å². The number of hydrogen-bond donors (Lipinski definition) is 1. The van der Waals surface area contributed by atoms with Gasteiger partial charge in [0.15, 0.2) is 0 Å². The molecule has 0 unspecified atom stereocenters. The van der Waals surface area contributed by atoms with E-state index in [2.05, 4.69) is 0 Å². The standard InChI is InChI=1S/C10H21NO2/c1-2-13-10(12)8-6-4-3-5-7-9-11/h8,12H,2-7,9,11H2,1H3/p-1. The maximum atomic E-state index is 10.8. The lowest BCUT2D eigenvalue weighted by molar-refractivity contribution is -0.357. The van der Waals surface area contributed by atoms with Crippen LogP contribution in [0.2, 0.25) is 0 Å². The lowest BCUT2D eigenvalue weighted by atomic mass is 10.1. The summed E-state index contributed by atoms with van der Waals surface area (Å²) in [5.74, 6) is -0.193. The van der Waals surface area contributed by atoms with Crippen molar-refractivity contribution in [3.05, 3.63) is 12.0 Å². The van der Waals surface area contributed by atoms with Gasteiger partial charge in [-0.25, -0.2) is 0 Å². The van der Waals surface area contributed by atoms with Crippen molar-refractivity contribution in [3.63, 3.8) is 0 Å². The zero-order valence-corrected chi connectivity index (χ0v) is 8.42. The molecule has 0 amide bonds. The van der Waals surface area contributed by atoms with Gasteiger partial charge in [-0.05, 0) is 32.4 Å². The Morgan fingerprint density at radius 3 is 2.62 bits per heavy atom. The second kappa shape index (κ2) is 9.39. The van der Waals surface area contributed by atoms with Gasteiger partial charge < -0.3 is 15.6 Å². The van der Waals surface area contributed by atoms with Gasteiger partial charge in [-0.3, -0.25) is 0 Å². The Labute approximate surface area is 80.6 Å². The topological polar surface area (TPSA) is 58.3 Å². The number of allylic oxidation sites excluding steroid dienone is 1. The molecule has 0 bridgehead atoms. The minimum Gasteiger partial charge on any atom is -0.614 e. The average Bonchev–Trinajstić information content (AvgIpc) is 2.11. The molecule has 0 radical (unpaired) electrons. The average molecular weight is 186 g/mol. The molecule has 3 heteroatoms. The molecular weight excluding hydrogens is 166 g/mol. The molecule has 0 aliphatic carbocycles. The fourth-order valence-corrected chi connectivity index (χ4v) is 1.06. The van der Waals surface area contributed by atoms with Gasteiger partial charge in [-0.1, -0.05) is 25.8 Å². The Hall–Kier alpha value is -0.700. The molecule has 3 nitrogen and oxygen atoms in total. The number of unbranched alkanes of at least 4 members (excludes halogenated alkanes) is 4. The van der Waals surface area contributed by atoms with Crippen LogP contribution < -0.4 is 10.8 Å². The molecule has 0 aromatic heterocycles. The van der Waals surface area contributed by atoms with Crippen LogP contribution in [0.5, 0.6) is 0 Å². The number of rotatable bonds is 8. The SMILES string of the molecule is CCOC([O-])=CCCCCCCN. The van der Waals surface area contributed by atoms with E-state index in [-0.39, 0.29) is 5.95 Å². The molecule has 13 heavy (non-hydrogen) atoms. The van der Waals surface area contributed by atoms with Crippen LogP contribution in [-0.4, -0.2) is 13.2 Å². The first kappa shape index (κ1) is 12.3. The largest absolute Gasteiger partial charge is 0.614 e. The molecular formula is C10H20NO2-. The highest BCUT2D eigenvalue weighted by Gasteiger charge is 1.87. The third-order valence-corrected chi connectivity index (χ3v) is 1.76. The predicted octanol–water partition coefficient (Wildman–Crippen LogP) is 1.13. The molecule has 0 saturated heterocycles. The first-order chi connectivity index (χ1) is 6.31. The summed E-state index contributed by atoms with van der Waals surface area (Å²) in [5, 5.41) is 10.8. The van der Waals surface area contributed by atoms with Gasteiger partial charge in [-0.15, -0.1) is 0 Å². The molecule has 0 aliphatic heterocycles. The summed E-state index contributed by atoms with van der Waals surface area (Å²) in [5.41, 5.74) is 5.35. The molecule has 2 N–H and O–H groups in total. The van der Waals surface area contributed by atoms with E-state index in [9.17, 15) is 5.11 Å². The van der Waals surface area contributed by atoms with Crippen LogP contribution >= 0.6 is 0 Å². The van der Waals surface area contributed by atoms with Crippen LogP contribution in [0.3, 0.4) is 0 Å². The van der Waals surface area contributed by atoms with Crippen molar-refractivity contribution < 1.29 is 9.84 Å². The summed E-state index contributed by atoms with van der Waals surface area (Å²) in [6, 6.07) is 0. The fourth-order valence-electron chi connectivity index (χ4n) is 1.06. The highest BCUT2D eigenvalue weighted by molar-refractivity contribution is 4.79. The third-order valence-electron chi connectivity index (χ3n) is 1.76. The van der Waals surface area contributed by atoms with Crippen molar-refractivity contribution in [3.8, 4) is 0 Å². The van der Waals surface area contributed by atoms with Crippen LogP contribution in [0, 0.1) is 0 Å². The molecule has 0 aromatic rings. The molecule has 0 aliphatic rings. The minimum absolute atomic E-state index is 0.193. The lowest BCUT2D eigenvalue weighted by Gasteiger charge is -2.11. The number of hydrogen-bond acceptors (Lipinski definition) is 3. The number of nitrogens with two attached hydrogens (primary N) is 1. The maximum Gasteiger partial charge on any atom is 0.0471 e. The first-order valence-corrected chi connectivity index (χ1v) is 5.01. The molecule has 0 fully saturated rings. The monoisotopic (exact) mass is 186 g/mol. The van der Waals surface area contributed by atoms with Gasteiger partial charge >= 0.3 is 0 Å². The highest BCUT2D eigenvalue weighted by Crippen LogP contribution is 2.03. The Bertz CT molecular complexity index is 135. The molecule has 0 atom stereocenters. The summed E-state index contributed by atoms with van der Waals surface area (Å²) in [7, 11) is 0. The van der Waals surface area contributed by atoms with Crippen molar-refractivity contribution in [2.75, 3.05) is 13.2 Å². The fraction of sp³-hybridized carbons (Fsp3) is 0.800. The van der Waals surface area contributed by atoms with Crippen LogP contribution in [0.15, 0.2) is 12.0 Å². The van der Waals surface area contributed by atoms with E-state index in [4.69, 9.17) is 10.5 Å². The van der Waals surface area contributed by atoms with E-state index in [1.165, 1.54) is 0 Å². The molecule has 0 aromatic carbocycles. The van der Waals surface area contributed by atoms with Crippen molar-refractivity contribution in [1.82, 2.24) is 0 Å². The van der Waals surface area contributed by atoms with Gasteiger partial charge in [0, 0.05) is 5.95 Å². The summed E-state index contributed by atoms with van der Waals surface area (Å²) in [6.07, 6.45) is 6.88. The molecule has 78 valence electrons. The summed E-state index contributed by atoms with van der Waals surface area (Å²) >= 11 is 0. The highest BCUT2D eigenvalue weighted by atomic mass is 16.6. The minimum atomic E-state index is -0.193. The van der Waals surface area contributed by atoms with E-state index in [1.807, 2.05) is 6.92 Å². The molecule has 0 spiro atoms. The summed E-state index contributed by atoms with van der Waals surface area (Å²) in [6.45, 7) is 3.04. The van der Waals surface area contributed by atoms with Gasteiger partial charge in [0.05, 0.1) is 0 Å². The second-order valence-corrected chi connectivity index (χ2v) is 2.95. The van der Waals surface area contributed by atoms with Gasteiger partial charge in [-0.2, -0.15) is 0 Å². The number of ether oxygens (including phenoxy) is 1. The van der Waals surface area contributed by atoms with Crippen LogP contribution in [-0.2, 0) is 4.74 Å². The maximum absolute atomic E-state index is 10.8. The quantitative estimate of drug-likeness (QED) is 0.456. The summed E-state index contributed by atoms with van der Waals surface area (Å²) in [4.78, 5) is 0. The van der Waals surface area contributed by atoms with E-state index in [1.54, 1.807) is 6.08 Å². The van der Waals surface area contributed by atoms with Crippen LogP contribution in [0.1, 0.15) is 39.0 Å². The zero-order valence-electron chi connectivity index (χ0n) is 8.42. The van der Waals surface area contributed by atoms with Gasteiger partial charge in [0.1, 0.15) is 0 Å². The van der Waals surface area contributed by atoms with Gasteiger partial charge in [0.25, 0.3) is 0 Å². The van der Waals surface area contributed by atoms with Gasteiger partial charge in [0.2, 0.25) is 0 Å². The zero-order chi connectivity index (χ0) is 9.94. The van der Waals surface area contributed by atoms with Crippen LogP contribution in [0.25, 0.3) is 0 Å². The Balaban J connectivity index is 3.18. The van der Waals surface area contributed by atoms with Crippen molar-refractivity contribution >= 4 is 0 Å². The van der Waals surface area contributed by atoms with E-state index >= 15 is 0 Å². The molecule has 0 rings (SSSR count). The molecule has 0 heterocycles. The normalized spacial score (nSPS) is 11.7. The van der Waals surface area contributed by atoms with E-state index in [0.717, 1.165) is 38.6 Å². The Morgan fingerprint density at radius 2 is 2.00 bits per heavy atom. The smallest absolute Gasteiger partial charge is 0.0471 e. The van der Waals surface area contributed by atoms with E-state index in [0.29, 0.717) is 6.61 Å². The second-order valence-electron chi connectivity index (χ2n) is 2.95. The Morgan fingerprint density at radius 1 is 1.31 bits per heavy atom. The molecule has 0 saturated carbocycles. The van der Waals surface area contributed by atoms with E-state index < -0.39 is 0 Å². The third kappa shape index (κ3) is 9.21. The van der Waals surface area contributed by atoms with Crippen molar-refractivity contribution in [1.29, 1.82) is 0 Å².